The molecule has 3 rings (SSSR count). The van der Waals surface area contributed by atoms with E-state index < -0.39 is 0 Å². The first-order valence-electron chi connectivity index (χ1n) is 7.08. The number of para-hydroxylation sites is 1. The largest absolute Gasteiger partial charge is 0.350 e. The van der Waals surface area contributed by atoms with Gasteiger partial charge in [-0.05, 0) is 56.3 Å². The molecular formula is C16H22N2. The maximum atomic E-state index is 3.51. The van der Waals surface area contributed by atoms with E-state index in [0.717, 1.165) is 5.92 Å². The van der Waals surface area contributed by atoms with Crippen LogP contribution in [0.15, 0.2) is 30.5 Å². The van der Waals surface area contributed by atoms with Crippen molar-refractivity contribution in [3.8, 4) is 0 Å². The predicted molar refractivity (Wildman–Crippen MR) is 76.8 cm³/mol. The first-order valence-corrected chi connectivity index (χ1v) is 7.08. The van der Waals surface area contributed by atoms with E-state index >= 15 is 0 Å². The van der Waals surface area contributed by atoms with E-state index in [-0.39, 0.29) is 0 Å². The number of hydrogen-bond donors (Lipinski definition) is 1. The summed E-state index contributed by atoms with van der Waals surface area (Å²) >= 11 is 0. The molecule has 2 aromatic rings. The molecule has 0 amide bonds. The smallest absolute Gasteiger partial charge is 0.0480 e. The summed E-state index contributed by atoms with van der Waals surface area (Å²) in [5.74, 6) is 0.873. The summed E-state index contributed by atoms with van der Waals surface area (Å²) in [6.45, 7) is 2.43. The Bertz CT molecular complexity index is 521. The summed E-state index contributed by atoms with van der Waals surface area (Å²) in [5.41, 5.74) is 2.87. The number of fused-ring (bicyclic) bond motifs is 1. The van der Waals surface area contributed by atoms with Gasteiger partial charge in [0.05, 0.1) is 0 Å². The van der Waals surface area contributed by atoms with Crippen LogP contribution in [0.5, 0.6) is 0 Å². The molecule has 1 aliphatic heterocycles. The van der Waals surface area contributed by atoms with Crippen LogP contribution in [0.4, 0.5) is 0 Å². The van der Waals surface area contributed by atoms with E-state index in [4.69, 9.17) is 0 Å². The van der Waals surface area contributed by atoms with E-state index in [1.807, 2.05) is 0 Å². The average molecular weight is 242 g/mol. The third kappa shape index (κ3) is 2.30. The van der Waals surface area contributed by atoms with Crippen molar-refractivity contribution in [3.63, 3.8) is 0 Å². The highest BCUT2D eigenvalue weighted by molar-refractivity contribution is 5.83. The predicted octanol–water partition coefficient (Wildman–Crippen LogP) is 3.11. The highest BCUT2D eigenvalue weighted by Crippen LogP contribution is 2.24. The van der Waals surface area contributed by atoms with Gasteiger partial charge in [0.2, 0.25) is 0 Å². The summed E-state index contributed by atoms with van der Waals surface area (Å²) < 4.78 is 2.25. The average Bonchev–Trinajstić information content (AvgIpc) is 2.75. The third-order valence-corrected chi connectivity index (χ3v) is 4.20. The Hall–Kier alpha value is -1.28. The molecule has 1 aromatic heterocycles. The van der Waals surface area contributed by atoms with E-state index in [1.165, 1.54) is 55.2 Å². The fourth-order valence-electron chi connectivity index (χ4n) is 3.15. The maximum Gasteiger partial charge on any atom is 0.0480 e. The standard InChI is InChI=1S/C16H22N2/c1-18-12-14(15-6-2-3-7-16(15)18)9-8-13-5-4-10-17-11-13/h2-3,6-7,12-13,17H,4-5,8-11H2,1H3. The second kappa shape index (κ2) is 5.15. The third-order valence-electron chi connectivity index (χ3n) is 4.20. The lowest BCUT2D eigenvalue weighted by Gasteiger charge is -2.22. The van der Waals surface area contributed by atoms with E-state index in [9.17, 15) is 0 Å². The van der Waals surface area contributed by atoms with E-state index in [1.54, 1.807) is 0 Å². The highest BCUT2D eigenvalue weighted by atomic mass is 14.9. The lowest BCUT2D eigenvalue weighted by atomic mass is 9.93. The van der Waals surface area contributed by atoms with Crippen LogP contribution >= 0.6 is 0 Å². The number of aromatic nitrogens is 1. The molecule has 1 N–H and O–H groups in total. The van der Waals surface area contributed by atoms with Gasteiger partial charge >= 0.3 is 0 Å². The molecule has 2 heterocycles. The van der Waals surface area contributed by atoms with Crippen LogP contribution in [-0.2, 0) is 13.5 Å². The molecule has 0 aliphatic carbocycles. The van der Waals surface area contributed by atoms with Crippen molar-refractivity contribution in [2.45, 2.75) is 25.7 Å². The van der Waals surface area contributed by atoms with Gasteiger partial charge in [0, 0.05) is 24.1 Å². The molecule has 1 saturated heterocycles. The SMILES string of the molecule is Cn1cc(CCC2CCCNC2)c2ccccc21. The van der Waals surface area contributed by atoms with Crippen LogP contribution in [-0.4, -0.2) is 17.7 Å². The van der Waals surface area contributed by atoms with Crippen molar-refractivity contribution in [1.29, 1.82) is 0 Å². The molecule has 18 heavy (non-hydrogen) atoms. The molecular weight excluding hydrogens is 220 g/mol. The van der Waals surface area contributed by atoms with Crippen LogP contribution in [0.2, 0.25) is 0 Å². The Morgan fingerprint density at radius 3 is 3.06 bits per heavy atom. The normalized spacial score (nSPS) is 20.4. The van der Waals surface area contributed by atoms with Crippen molar-refractivity contribution in [3.05, 3.63) is 36.0 Å². The molecule has 0 saturated carbocycles. The van der Waals surface area contributed by atoms with E-state index in [2.05, 4.69) is 47.4 Å². The Balaban J connectivity index is 1.74. The maximum absolute atomic E-state index is 3.51. The topological polar surface area (TPSA) is 17.0 Å². The first-order chi connectivity index (χ1) is 8.84. The van der Waals surface area contributed by atoms with Gasteiger partial charge in [-0.3, -0.25) is 0 Å². The van der Waals surface area contributed by atoms with Gasteiger partial charge in [-0.25, -0.2) is 0 Å². The van der Waals surface area contributed by atoms with Crippen molar-refractivity contribution in [2.75, 3.05) is 13.1 Å². The lowest BCUT2D eigenvalue weighted by molar-refractivity contribution is 0.358. The minimum Gasteiger partial charge on any atom is -0.350 e. The molecule has 0 spiro atoms. The molecule has 1 unspecified atom stereocenters. The number of benzene rings is 1. The molecule has 2 nitrogen and oxygen atoms in total. The number of piperidine rings is 1. The van der Waals surface area contributed by atoms with Gasteiger partial charge < -0.3 is 9.88 Å². The Morgan fingerprint density at radius 2 is 2.22 bits per heavy atom. The fourth-order valence-corrected chi connectivity index (χ4v) is 3.15. The number of nitrogens with one attached hydrogen (secondary N) is 1. The van der Waals surface area contributed by atoms with Gasteiger partial charge in [-0.2, -0.15) is 0 Å². The zero-order chi connectivity index (χ0) is 12.4. The molecule has 0 radical (unpaired) electrons. The zero-order valence-corrected chi connectivity index (χ0v) is 11.2. The van der Waals surface area contributed by atoms with Crippen LogP contribution in [0, 0.1) is 5.92 Å². The zero-order valence-electron chi connectivity index (χ0n) is 11.2. The molecule has 1 fully saturated rings. The monoisotopic (exact) mass is 242 g/mol. The highest BCUT2D eigenvalue weighted by Gasteiger charge is 2.14. The number of hydrogen-bond acceptors (Lipinski definition) is 1. The summed E-state index contributed by atoms with van der Waals surface area (Å²) in [5, 5.41) is 4.94. The number of aryl methyl sites for hydroxylation is 2. The van der Waals surface area contributed by atoms with Gasteiger partial charge in [0.1, 0.15) is 0 Å². The van der Waals surface area contributed by atoms with Gasteiger partial charge in [-0.1, -0.05) is 18.2 Å². The summed E-state index contributed by atoms with van der Waals surface area (Å²) in [6, 6.07) is 8.73. The first kappa shape index (κ1) is 11.8. The fraction of sp³-hybridized carbons (Fsp3) is 0.500. The van der Waals surface area contributed by atoms with E-state index in [0.29, 0.717) is 0 Å². The minimum absolute atomic E-state index is 0.873. The van der Waals surface area contributed by atoms with Gasteiger partial charge in [0.15, 0.2) is 0 Å². The molecule has 0 bridgehead atoms. The van der Waals surface area contributed by atoms with Gasteiger partial charge in [0.25, 0.3) is 0 Å². The second-order valence-electron chi connectivity index (χ2n) is 5.53. The van der Waals surface area contributed by atoms with Crippen molar-refractivity contribution >= 4 is 10.9 Å². The molecule has 1 aromatic carbocycles. The molecule has 96 valence electrons. The van der Waals surface area contributed by atoms with Crippen molar-refractivity contribution in [2.24, 2.45) is 13.0 Å². The summed E-state index contributed by atoms with van der Waals surface area (Å²) in [4.78, 5) is 0. The van der Waals surface area contributed by atoms with Crippen LogP contribution < -0.4 is 5.32 Å². The summed E-state index contributed by atoms with van der Waals surface area (Å²) in [7, 11) is 2.15. The molecule has 2 heteroatoms. The van der Waals surface area contributed by atoms with Crippen molar-refractivity contribution in [1.82, 2.24) is 9.88 Å². The molecule has 1 atom stereocenters. The second-order valence-corrected chi connectivity index (χ2v) is 5.53. The minimum atomic E-state index is 0.873. The van der Waals surface area contributed by atoms with Crippen LogP contribution in [0.3, 0.4) is 0 Å². The van der Waals surface area contributed by atoms with Crippen LogP contribution in [0.1, 0.15) is 24.8 Å². The van der Waals surface area contributed by atoms with Gasteiger partial charge in [-0.15, -0.1) is 0 Å². The quantitative estimate of drug-likeness (QED) is 0.875. The Morgan fingerprint density at radius 1 is 1.33 bits per heavy atom. The summed E-state index contributed by atoms with van der Waals surface area (Å²) in [6.07, 6.45) is 7.59. The van der Waals surface area contributed by atoms with Crippen LogP contribution in [0.25, 0.3) is 10.9 Å². The Kier molecular flexibility index (Phi) is 3.37. The number of nitrogens with zero attached hydrogens (tertiary/aromatic N) is 1. The van der Waals surface area contributed by atoms with Crippen molar-refractivity contribution < 1.29 is 0 Å². The number of rotatable bonds is 3. The molecule has 1 aliphatic rings. The Labute approximate surface area is 109 Å². The lowest BCUT2D eigenvalue weighted by Crippen LogP contribution is -2.29.